The van der Waals surface area contributed by atoms with Crippen molar-refractivity contribution in [3.05, 3.63) is 27.9 Å². The lowest BCUT2D eigenvalue weighted by Crippen LogP contribution is -2.50. The number of carbonyl (C=O) groups excluding carboxylic acids is 1. The van der Waals surface area contributed by atoms with E-state index in [0.717, 1.165) is 49.4 Å². The summed E-state index contributed by atoms with van der Waals surface area (Å²) in [5, 5.41) is 6.02. The number of hydrogen-bond acceptors (Lipinski definition) is 5. The minimum atomic E-state index is -0.380. The van der Waals surface area contributed by atoms with Crippen molar-refractivity contribution >= 4 is 5.91 Å². The maximum absolute atomic E-state index is 12.6. The minimum Gasteiger partial charge on any atom is -0.374 e. The maximum atomic E-state index is 12.6. The molecule has 1 saturated heterocycles. The lowest BCUT2D eigenvalue weighted by molar-refractivity contribution is -0.00954. The third kappa shape index (κ3) is 3.21. The number of ether oxygens (including phenoxy) is 1. The van der Waals surface area contributed by atoms with E-state index in [1.807, 2.05) is 0 Å². The summed E-state index contributed by atoms with van der Waals surface area (Å²) in [7, 11) is 0. The van der Waals surface area contributed by atoms with Crippen LogP contribution >= 0.6 is 0 Å². The summed E-state index contributed by atoms with van der Waals surface area (Å²) >= 11 is 0. The van der Waals surface area contributed by atoms with Crippen LogP contribution in [0, 0.1) is 17.8 Å². The molecule has 5 aliphatic rings. The van der Waals surface area contributed by atoms with Crippen molar-refractivity contribution in [1.82, 2.24) is 20.6 Å². The van der Waals surface area contributed by atoms with Crippen LogP contribution in [0.25, 0.3) is 0 Å². The molecule has 4 saturated carbocycles. The topological polar surface area (TPSA) is 96.1 Å². The molecule has 1 aliphatic heterocycles. The van der Waals surface area contributed by atoms with E-state index in [-0.39, 0.29) is 28.5 Å². The number of rotatable bonds is 4. The van der Waals surface area contributed by atoms with Crippen LogP contribution in [0.5, 0.6) is 0 Å². The van der Waals surface area contributed by atoms with Gasteiger partial charge >= 0.3 is 0 Å². The Bertz CT molecular complexity index is 748. The maximum Gasteiger partial charge on any atom is 0.263 e. The zero-order valence-corrected chi connectivity index (χ0v) is 15.6. The first-order valence-corrected chi connectivity index (χ1v) is 10.3. The number of hydrogen-bond donors (Lipinski definition) is 3. The highest BCUT2D eigenvalue weighted by Gasteiger charge is 2.52. The molecule has 4 aliphatic carbocycles. The first-order valence-electron chi connectivity index (χ1n) is 10.3. The molecule has 4 bridgehead atoms. The molecule has 1 aromatic heterocycles. The number of morpholine rings is 1. The van der Waals surface area contributed by atoms with Gasteiger partial charge in [0.15, 0.2) is 0 Å². The molecule has 7 nitrogen and oxygen atoms in total. The monoisotopic (exact) mass is 372 g/mol. The van der Waals surface area contributed by atoms with E-state index in [0.29, 0.717) is 19.7 Å². The van der Waals surface area contributed by atoms with E-state index < -0.39 is 0 Å². The van der Waals surface area contributed by atoms with E-state index in [2.05, 4.69) is 20.6 Å². The summed E-state index contributed by atoms with van der Waals surface area (Å²) in [5.41, 5.74) is -0.201. The lowest BCUT2D eigenvalue weighted by Gasteiger charge is -2.56. The first kappa shape index (κ1) is 17.4. The fraction of sp³-hybridized carbons (Fsp3) is 0.750. The molecule has 27 heavy (non-hydrogen) atoms. The second-order valence-electron chi connectivity index (χ2n) is 9.08. The molecule has 0 unspecified atom stereocenters. The fourth-order valence-corrected chi connectivity index (χ4v) is 6.28. The Hall–Kier alpha value is -1.73. The molecular weight excluding hydrogens is 344 g/mol. The van der Waals surface area contributed by atoms with E-state index in [1.165, 1.54) is 25.5 Å². The molecule has 6 rings (SSSR count). The van der Waals surface area contributed by atoms with E-state index in [9.17, 15) is 9.59 Å². The van der Waals surface area contributed by atoms with Crippen LogP contribution in [-0.2, 0) is 10.2 Å². The Balaban J connectivity index is 1.31. The quantitative estimate of drug-likeness (QED) is 0.732. The second-order valence-corrected chi connectivity index (χ2v) is 9.08. The predicted molar refractivity (Wildman–Crippen MR) is 99.7 cm³/mol. The smallest absolute Gasteiger partial charge is 0.263 e. The van der Waals surface area contributed by atoms with Crippen molar-refractivity contribution in [1.29, 1.82) is 0 Å². The lowest BCUT2D eigenvalue weighted by atomic mass is 9.49. The van der Waals surface area contributed by atoms with Crippen LogP contribution in [-0.4, -0.2) is 48.2 Å². The molecule has 1 atom stereocenters. The van der Waals surface area contributed by atoms with Gasteiger partial charge < -0.3 is 20.4 Å². The van der Waals surface area contributed by atoms with Crippen LogP contribution in [0.4, 0.5) is 0 Å². The number of aromatic nitrogens is 2. The van der Waals surface area contributed by atoms with Gasteiger partial charge in [0.25, 0.3) is 11.5 Å². The molecule has 1 amide bonds. The number of aromatic amines is 1. The van der Waals surface area contributed by atoms with Crippen LogP contribution in [0.2, 0.25) is 0 Å². The summed E-state index contributed by atoms with van der Waals surface area (Å²) in [6.07, 6.45) is 8.88. The van der Waals surface area contributed by atoms with Crippen LogP contribution in [0.3, 0.4) is 0 Å². The second kappa shape index (κ2) is 6.71. The van der Waals surface area contributed by atoms with Crippen molar-refractivity contribution < 1.29 is 9.53 Å². The molecule has 146 valence electrons. The Morgan fingerprint density at radius 2 is 1.93 bits per heavy atom. The van der Waals surface area contributed by atoms with Crippen molar-refractivity contribution in [3.8, 4) is 0 Å². The molecule has 2 heterocycles. The zero-order valence-electron chi connectivity index (χ0n) is 15.6. The predicted octanol–water partition coefficient (Wildman–Crippen LogP) is 0.956. The largest absolute Gasteiger partial charge is 0.374 e. The van der Waals surface area contributed by atoms with Gasteiger partial charge in [-0.15, -0.1) is 0 Å². The summed E-state index contributed by atoms with van der Waals surface area (Å²) in [6, 6.07) is 0. The summed E-state index contributed by atoms with van der Waals surface area (Å²) in [4.78, 5) is 32.6. The number of nitrogens with zero attached hydrogens (tertiary/aromatic N) is 1. The average molecular weight is 372 g/mol. The highest BCUT2D eigenvalue weighted by Crippen LogP contribution is 2.59. The molecule has 1 aromatic rings. The fourth-order valence-electron chi connectivity index (χ4n) is 6.28. The van der Waals surface area contributed by atoms with Gasteiger partial charge in [0, 0.05) is 31.2 Å². The molecule has 7 heteroatoms. The van der Waals surface area contributed by atoms with Gasteiger partial charge in [-0.05, 0) is 56.3 Å². The molecule has 5 fully saturated rings. The normalized spacial score (nSPS) is 37.3. The number of carbonyl (C=O) groups is 1. The Morgan fingerprint density at radius 1 is 1.22 bits per heavy atom. The van der Waals surface area contributed by atoms with Crippen LogP contribution in [0.15, 0.2) is 11.0 Å². The standard InChI is InChI=1S/C20H28N4O3/c25-17(22-10-15-9-21-1-2-27-15)16-11-23-19(24-18(16)26)20-6-12-3-13(7-20)5-14(4-12)8-20/h11-15,21H,1-10H2,(H,22,25)(H,23,24,26)/t12?,13?,14?,15-,20?/m1/s1. The molecule has 0 aromatic carbocycles. The van der Waals surface area contributed by atoms with E-state index >= 15 is 0 Å². The Morgan fingerprint density at radius 3 is 2.52 bits per heavy atom. The van der Waals surface area contributed by atoms with Crippen molar-refractivity contribution in [2.45, 2.75) is 50.0 Å². The summed E-state index contributed by atoms with van der Waals surface area (Å²) in [6.45, 7) is 2.57. The minimum absolute atomic E-state index is 0.0323. The van der Waals surface area contributed by atoms with Gasteiger partial charge in [-0.1, -0.05) is 0 Å². The van der Waals surface area contributed by atoms with Gasteiger partial charge in [-0.2, -0.15) is 0 Å². The van der Waals surface area contributed by atoms with Gasteiger partial charge in [0.2, 0.25) is 0 Å². The molecular formula is C20H28N4O3. The third-order valence-electron chi connectivity index (χ3n) is 7.08. The van der Waals surface area contributed by atoms with E-state index in [1.54, 1.807) is 0 Å². The van der Waals surface area contributed by atoms with Crippen molar-refractivity contribution in [2.75, 3.05) is 26.2 Å². The number of H-pyrrole nitrogens is 1. The number of nitrogens with one attached hydrogen (secondary N) is 3. The Labute approximate surface area is 158 Å². The molecule has 0 spiro atoms. The molecule has 3 N–H and O–H groups in total. The first-order chi connectivity index (χ1) is 13.1. The van der Waals surface area contributed by atoms with Gasteiger partial charge in [0.05, 0.1) is 12.7 Å². The highest BCUT2D eigenvalue weighted by molar-refractivity contribution is 5.93. The molecule has 0 radical (unpaired) electrons. The van der Waals surface area contributed by atoms with Gasteiger partial charge in [0.1, 0.15) is 11.4 Å². The third-order valence-corrected chi connectivity index (χ3v) is 7.08. The van der Waals surface area contributed by atoms with Gasteiger partial charge in [-0.25, -0.2) is 4.98 Å². The van der Waals surface area contributed by atoms with Crippen LogP contribution < -0.4 is 16.2 Å². The Kier molecular flexibility index (Phi) is 4.31. The average Bonchev–Trinajstić information content (AvgIpc) is 2.66. The van der Waals surface area contributed by atoms with Gasteiger partial charge in [-0.3, -0.25) is 9.59 Å². The van der Waals surface area contributed by atoms with E-state index in [4.69, 9.17) is 4.74 Å². The van der Waals surface area contributed by atoms with Crippen LogP contribution in [0.1, 0.15) is 54.7 Å². The van der Waals surface area contributed by atoms with Crippen molar-refractivity contribution in [2.24, 2.45) is 17.8 Å². The highest BCUT2D eigenvalue weighted by atomic mass is 16.5. The SMILES string of the molecule is O=C(NC[C@H]1CNCCO1)c1cnc(C23CC4CC(CC(C4)C2)C3)[nH]c1=O. The summed E-state index contributed by atoms with van der Waals surface area (Å²) in [5.74, 6) is 2.79. The summed E-state index contributed by atoms with van der Waals surface area (Å²) < 4.78 is 5.57. The number of amides is 1. The zero-order chi connectivity index (χ0) is 18.4. The van der Waals surface area contributed by atoms with Crippen molar-refractivity contribution in [3.63, 3.8) is 0 Å².